The van der Waals surface area contributed by atoms with Crippen molar-refractivity contribution in [3.05, 3.63) is 47.0 Å². The number of nitrogens with two attached hydrogens (primary N) is 1. The number of esters is 1. The van der Waals surface area contributed by atoms with Gasteiger partial charge in [0.25, 0.3) is 0 Å². The average molecular weight is 277 g/mol. The SMILES string of the molecule is CCn1nc(C)cc1COC(=O)c1ccc(N)c(F)c1. The number of rotatable bonds is 4. The molecule has 20 heavy (non-hydrogen) atoms. The molecule has 0 unspecified atom stereocenters. The Morgan fingerprint density at radius 2 is 2.20 bits per heavy atom. The smallest absolute Gasteiger partial charge is 0.338 e. The number of hydrogen-bond donors (Lipinski definition) is 1. The third-order valence-electron chi connectivity index (χ3n) is 2.87. The van der Waals surface area contributed by atoms with Crippen molar-refractivity contribution in [1.29, 1.82) is 0 Å². The van der Waals surface area contributed by atoms with Gasteiger partial charge >= 0.3 is 5.97 Å². The zero-order chi connectivity index (χ0) is 14.7. The number of ether oxygens (including phenoxy) is 1. The maximum Gasteiger partial charge on any atom is 0.338 e. The molecule has 2 aromatic rings. The zero-order valence-corrected chi connectivity index (χ0v) is 11.4. The largest absolute Gasteiger partial charge is 0.456 e. The number of nitrogens with zero attached hydrogens (tertiary/aromatic N) is 2. The molecule has 6 heteroatoms. The van der Waals surface area contributed by atoms with E-state index in [4.69, 9.17) is 10.5 Å². The van der Waals surface area contributed by atoms with Crippen molar-refractivity contribution in [1.82, 2.24) is 9.78 Å². The number of halogens is 1. The molecule has 1 aromatic carbocycles. The molecule has 0 saturated carbocycles. The van der Waals surface area contributed by atoms with Gasteiger partial charge in [0.15, 0.2) is 0 Å². The van der Waals surface area contributed by atoms with Crippen LogP contribution >= 0.6 is 0 Å². The van der Waals surface area contributed by atoms with Crippen molar-refractivity contribution in [2.45, 2.75) is 27.0 Å². The Bertz CT molecular complexity index is 637. The Kier molecular flexibility index (Phi) is 4.02. The van der Waals surface area contributed by atoms with Crippen LogP contribution in [0.2, 0.25) is 0 Å². The maximum atomic E-state index is 13.3. The van der Waals surface area contributed by atoms with Crippen LogP contribution in [0.5, 0.6) is 0 Å². The van der Waals surface area contributed by atoms with Crippen LogP contribution in [0.15, 0.2) is 24.3 Å². The number of carbonyl (C=O) groups is 1. The number of anilines is 1. The first kappa shape index (κ1) is 14.0. The number of aryl methyl sites for hydroxylation is 2. The standard InChI is InChI=1S/C14H16FN3O2/c1-3-18-11(6-9(2)17-18)8-20-14(19)10-4-5-13(16)12(15)7-10/h4-7H,3,8,16H2,1-2H3. The van der Waals surface area contributed by atoms with Gasteiger partial charge in [-0.15, -0.1) is 0 Å². The molecule has 0 amide bonds. The van der Waals surface area contributed by atoms with E-state index in [0.717, 1.165) is 17.5 Å². The molecule has 5 nitrogen and oxygen atoms in total. The fourth-order valence-corrected chi connectivity index (χ4v) is 1.87. The maximum absolute atomic E-state index is 13.3. The second-order valence-electron chi connectivity index (χ2n) is 4.41. The van der Waals surface area contributed by atoms with Gasteiger partial charge in [0, 0.05) is 6.54 Å². The van der Waals surface area contributed by atoms with E-state index >= 15 is 0 Å². The number of nitrogen functional groups attached to an aromatic ring is 1. The molecule has 0 saturated heterocycles. The molecule has 0 aliphatic carbocycles. The van der Waals surface area contributed by atoms with Crippen LogP contribution in [0.25, 0.3) is 0 Å². The lowest BCUT2D eigenvalue weighted by atomic mass is 10.2. The highest BCUT2D eigenvalue weighted by Crippen LogP contribution is 2.14. The van der Waals surface area contributed by atoms with Crippen molar-refractivity contribution in [2.75, 3.05) is 5.73 Å². The summed E-state index contributed by atoms with van der Waals surface area (Å²) in [7, 11) is 0. The van der Waals surface area contributed by atoms with E-state index in [1.807, 2.05) is 19.9 Å². The first-order valence-electron chi connectivity index (χ1n) is 6.26. The summed E-state index contributed by atoms with van der Waals surface area (Å²) in [5, 5.41) is 4.25. The Hall–Kier alpha value is -2.37. The van der Waals surface area contributed by atoms with Crippen molar-refractivity contribution in [2.24, 2.45) is 0 Å². The van der Waals surface area contributed by atoms with Gasteiger partial charge in [-0.05, 0) is 38.1 Å². The first-order valence-corrected chi connectivity index (χ1v) is 6.26. The highest BCUT2D eigenvalue weighted by molar-refractivity contribution is 5.89. The third kappa shape index (κ3) is 2.96. The minimum absolute atomic E-state index is 0.00114. The predicted octanol–water partition coefficient (Wildman–Crippen LogP) is 2.29. The summed E-state index contributed by atoms with van der Waals surface area (Å²) in [6.07, 6.45) is 0. The molecular weight excluding hydrogens is 261 g/mol. The summed E-state index contributed by atoms with van der Waals surface area (Å²) in [5.74, 6) is -1.22. The summed E-state index contributed by atoms with van der Waals surface area (Å²) < 4.78 is 20.2. The van der Waals surface area contributed by atoms with Gasteiger partial charge < -0.3 is 10.5 Å². The molecule has 0 radical (unpaired) electrons. The fourth-order valence-electron chi connectivity index (χ4n) is 1.87. The van der Waals surface area contributed by atoms with E-state index in [-0.39, 0.29) is 17.9 Å². The van der Waals surface area contributed by atoms with E-state index in [9.17, 15) is 9.18 Å². The lowest BCUT2D eigenvalue weighted by Crippen LogP contribution is -2.10. The van der Waals surface area contributed by atoms with Crippen molar-refractivity contribution in [3.8, 4) is 0 Å². The molecule has 0 aliphatic heterocycles. The Morgan fingerprint density at radius 3 is 2.85 bits per heavy atom. The van der Waals surface area contributed by atoms with Crippen molar-refractivity contribution >= 4 is 11.7 Å². The normalized spacial score (nSPS) is 10.6. The van der Waals surface area contributed by atoms with Crippen LogP contribution in [0.4, 0.5) is 10.1 Å². The van der Waals surface area contributed by atoms with Gasteiger partial charge in [-0.25, -0.2) is 9.18 Å². The molecule has 106 valence electrons. The quantitative estimate of drug-likeness (QED) is 0.687. The van der Waals surface area contributed by atoms with Crippen LogP contribution in [-0.2, 0) is 17.9 Å². The van der Waals surface area contributed by atoms with Crippen molar-refractivity contribution < 1.29 is 13.9 Å². The lowest BCUT2D eigenvalue weighted by Gasteiger charge is -2.07. The van der Waals surface area contributed by atoms with Gasteiger partial charge in [-0.2, -0.15) is 5.10 Å². The lowest BCUT2D eigenvalue weighted by molar-refractivity contribution is 0.0462. The zero-order valence-electron chi connectivity index (χ0n) is 11.4. The van der Waals surface area contributed by atoms with Crippen LogP contribution in [-0.4, -0.2) is 15.7 Å². The third-order valence-corrected chi connectivity index (χ3v) is 2.87. The van der Waals surface area contributed by atoms with E-state index in [1.165, 1.54) is 12.1 Å². The van der Waals surface area contributed by atoms with Gasteiger partial charge in [-0.3, -0.25) is 4.68 Å². The minimum atomic E-state index is -0.631. The topological polar surface area (TPSA) is 70.1 Å². The number of benzene rings is 1. The van der Waals surface area contributed by atoms with Gasteiger partial charge in [-0.1, -0.05) is 0 Å². The molecule has 0 fully saturated rings. The second kappa shape index (κ2) is 5.73. The summed E-state index contributed by atoms with van der Waals surface area (Å²) >= 11 is 0. The minimum Gasteiger partial charge on any atom is -0.456 e. The van der Waals surface area contributed by atoms with Gasteiger partial charge in [0.2, 0.25) is 0 Å². The van der Waals surface area contributed by atoms with Crippen LogP contribution < -0.4 is 5.73 Å². The molecule has 1 aromatic heterocycles. The summed E-state index contributed by atoms with van der Waals surface area (Å²) in [5.41, 5.74) is 7.15. The highest BCUT2D eigenvalue weighted by atomic mass is 19.1. The molecule has 0 spiro atoms. The molecule has 0 aliphatic rings. The average Bonchev–Trinajstić information content (AvgIpc) is 2.79. The summed E-state index contributed by atoms with van der Waals surface area (Å²) in [4.78, 5) is 11.8. The monoisotopic (exact) mass is 277 g/mol. The fraction of sp³-hybridized carbons (Fsp3) is 0.286. The van der Waals surface area contributed by atoms with E-state index in [0.29, 0.717) is 6.54 Å². The number of aromatic nitrogens is 2. The molecule has 0 bridgehead atoms. The Morgan fingerprint density at radius 1 is 1.45 bits per heavy atom. The number of hydrogen-bond acceptors (Lipinski definition) is 4. The Labute approximate surface area is 116 Å². The van der Waals surface area contributed by atoms with Crippen molar-refractivity contribution in [3.63, 3.8) is 0 Å². The van der Waals surface area contributed by atoms with Crippen LogP contribution in [0.3, 0.4) is 0 Å². The van der Waals surface area contributed by atoms with E-state index < -0.39 is 11.8 Å². The number of carbonyl (C=O) groups excluding carboxylic acids is 1. The van der Waals surface area contributed by atoms with Crippen LogP contribution in [0.1, 0.15) is 28.7 Å². The van der Waals surface area contributed by atoms with E-state index in [1.54, 1.807) is 4.68 Å². The molecule has 1 heterocycles. The van der Waals surface area contributed by atoms with Gasteiger partial charge in [0.1, 0.15) is 12.4 Å². The first-order chi connectivity index (χ1) is 9.51. The second-order valence-corrected chi connectivity index (χ2v) is 4.41. The summed E-state index contributed by atoms with van der Waals surface area (Å²) in [6, 6.07) is 5.69. The highest BCUT2D eigenvalue weighted by Gasteiger charge is 2.12. The van der Waals surface area contributed by atoms with Crippen LogP contribution in [0, 0.1) is 12.7 Å². The molecule has 2 rings (SSSR count). The summed E-state index contributed by atoms with van der Waals surface area (Å²) in [6.45, 7) is 4.61. The molecule has 0 atom stereocenters. The van der Waals surface area contributed by atoms with E-state index in [2.05, 4.69) is 5.10 Å². The Balaban J connectivity index is 2.06. The molecular formula is C14H16FN3O2. The van der Waals surface area contributed by atoms with Gasteiger partial charge in [0.05, 0.1) is 22.6 Å². The molecule has 2 N–H and O–H groups in total. The predicted molar refractivity (Wildman–Crippen MR) is 72.6 cm³/mol.